The van der Waals surface area contributed by atoms with E-state index in [4.69, 9.17) is 9.31 Å². The van der Waals surface area contributed by atoms with Crippen molar-refractivity contribution in [3.8, 4) is 0 Å². The molecule has 88 valence electrons. The van der Waals surface area contributed by atoms with E-state index >= 15 is 0 Å². The summed E-state index contributed by atoms with van der Waals surface area (Å²) < 4.78 is 11.9. The molecule has 1 aromatic heterocycles. The molecule has 2 rings (SSSR count). The molecule has 0 unspecified atom stereocenters. The van der Waals surface area contributed by atoms with Crippen LogP contribution in [-0.4, -0.2) is 28.5 Å². The third-order valence-electron chi connectivity index (χ3n) is 3.77. The fourth-order valence-corrected chi connectivity index (χ4v) is 1.69. The Kier molecular flexibility index (Phi) is 2.44. The Morgan fingerprint density at radius 2 is 1.56 bits per heavy atom. The lowest BCUT2D eigenvalue weighted by atomic mass is 9.82. The zero-order valence-corrected chi connectivity index (χ0v) is 10.8. The van der Waals surface area contributed by atoms with Crippen molar-refractivity contribution in [2.75, 3.05) is 0 Å². The van der Waals surface area contributed by atoms with E-state index in [0.29, 0.717) is 0 Å². The molecular weight excluding hydrogens is 203 g/mol. The molecular formula is C11H19BN2O2. The molecule has 2 heterocycles. The van der Waals surface area contributed by atoms with E-state index < -0.39 is 0 Å². The molecule has 0 aromatic carbocycles. The molecule has 0 amide bonds. The molecule has 0 radical (unpaired) electrons. The van der Waals surface area contributed by atoms with Gasteiger partial charge in [-0.15, -0.1) is 0 Å². The smallest absolute Gasteiger partial charge is 0.398 e. The summed E-state index contributed by atoms with van der Waals surface area (Å²) in [5, 5.41) is 7.21. The summed E-state index contributed by atoms with van der Waals surface area (Å²) in [4.78, 5) is 0. The van der Waals surface area contributed by atoms with Crippen LogP contribution >= 0.6 is 0 Å². The van der Waals surface area contributed by atoms with E-state index in [2.05, 4.69) is 10.2 Å². The Morgan fingerprint density at radius 3 is 1.94 bits per heavy atom. The quantitative estimate of drug-likeness (QED) is 0.729. The maximum Gasteiger partial charge on any atom is 0.516 e. The largest absolute Gasteiger partial charge is 0.516 e. The number of nitrogens with zero attached hydrogens (tertiary/aromatic N) is 1. The van der Waals surface area contributed by atoms with E-state index in [0.717, 1.165) is 16.9 Å². The lowest BCUT2D eigenvalue weighted by Gasteiger charge is -2.32. The van der Waals surface area contributed by atoms with Crippen LogP contribution in [0.5, 0.6) is 0 Å². The van der Waals surface area contributed by atoms with Gasteiger partial charge in [0, 0.05) is 5.69 Å². The molecule has 0 spiro atoms. The number of aryl methyl sites for hydroxylation is 1. The average Bonchev–Trinajstić information content (AvgIpc) is 2.54. The third kappa shape index (κ3) is 1.58. The summed E-state index contributed by atoms with van der Waals surface area (Å²) in [6, 6.07) is 0. The van der Waals surface area contributed by atoms with Gasteiger partial charge >= 0.3 is 7.12 Å². The predicted molar refractivity (Wildman–Crippen MR) is 63.8 cm³/mol. The first-order valence-corrected chi connectivity index (χ1v) is 5.62. The van der Waals surface area contributed by atoms with Crippen molar-refractivity contribution in [3.63, 3.8) is 0 Å². The maximum atomic E-state index is 5.94. The van der Waals surface area contributed by atoms with Crippen LogP contribution in [0.3, 0.4) is 0 Å². The van der Waals surface area contributed by atoms with Gasteiger partial charge < -0.3 is 9.31 Å². The molecule has 0 aliphatic carbocycles. The summed E-state index contributed by atoms with van der Waals surface area (Å²) >= 11 is 0. The number of hydrogen-bond donors (Lipinski definition) is 1. The summed E-state index contributed by atoms with van der Waals surface area (Å²) in [5.74, 6) is 0. The van der Waals surface area contributed by atoms with Crippen LogP contribution in [0.1, 0.15) is 39.0 Å². The molecule has 16 heavy (non-hydrogen) atoms. The number of hydrogen-bond acceptors (Lipinski definition) is 3. The van der Waals surface area contributed by atoms with Gasteiger partial charge in [0.1, 0.15) is 0 Å². The lowest BCUT2D eigenvalue weighted by molar-refractivity contribution is 0.00578. The Labute approximate surface area is 96.9 Å². The van der Waals surface area contributed by atoms with Crippen LogP contribution in [0.15, 0.2) is 0 Å². The molecule has 1 saturated heterocycles. The van der Waals surface area contributed by atoms with Crippen molar-refractivity contribution < 1.29 is 9.31 Å². The number of rotatable bonds is 1. The van der Waals surface area contributed by atoms with Gasteiger partial charge in [-0.05, 0) is 47.1 Å². The Morgan fingerprint density at radius 1 is 1.06 bits per heavy atom. The topological polar surface area (TPSA) is 47.1 Å². The van der Waals surface area contributed by atoms with Crippen LogP contribution in [-0.2, 0) is 9.31 Å². The zero-order chi connectivity index (χ0) is 12.1. The van der Waals surface area contributed by atoms with Crippen LogP contribution in [0.4, 0.5) is 0 Å². The second kappa shape index (κ2) is 3.34. The second-order valence-corrected chi connectivity index (χ2v) is 5.45. The lowest BCUT2D eigenvalue weighted by Crippen LogP contribution is -2.41. The summed E-state index contributed by atoms with van der Waals surface area (Å²) in [6.45, 7) is 12.2. The molecule has 1 N–H and O–H groups in total. The zero-order valence-electron chi connectivity index (χ0n) is 10.8. The Hall–Kier alpha value is -0.805. The second-order valence-electron chi connectivity index (χ2n) is 5.45. The molecule has 0 saturated carbocycles. The highest BCUT2D eigenvalue weighted by Crippen LogP contribution is 2.36. The summed E-state index contributed by atoms with van der Waals surface area (Å²) in [7, 11) is -0.366. The van der Waals surface area contributed by atoms with Gasteiger partial charge in [0.25, 0.3) is 0 Å². The highest BCUT2D eigenvalue weighted by Gasteiger charge is 2.53. The van der Waals surface area contributed by atoms with Crippen molar-refractivity contribution in [1.29, 1.82) is 0 Å². The minimum absolute atomic E-state index is 0.309. The molecule has 4 nitrogen and oxygen atoms in total. The molecule has 0 bridgehead atoms. The highest BCUT2D eigenvalue weighted by molar-refractivity contribution is 6.61. The van der Waals surface area contributed by atoms with Gasteiger partial charge in [0.15, 0.2) is 0 Å². The van der Waals surface area contributed by atoms with Crippen molar-refractivity contribution in [2.24, 2.45) is 0 Å². The Bertz CT molecular complexity index is 396. The normalized spacial score (nSPS) is 22.8. The maximum absolute atomic E-state index is 5.94. The van der Waals surface area contributed by atoms with Crippen molar-refractivity contribution in [1.82, 2.24) is 10.2 Å². The van der Waals surface area contributed by atoms with E-state index in [-0.39, 0.29) is 18.3 Å². The summed E-state index contributed by atoms with van der Waals surface area (Å²) in [5.41, 5.74) is 2.41. The van der Waals surface area contributed by atoms with Crippen molar-refractivity contribution in [2.45, 2.75) is 52.7 Å². The monoisotopic (exact) mass is 222 g/mol. The molecule has 5 heteroatoms. The van der Waals surface area contributed by atoms with Gasteiger partial charge in [-0.3, -0.25) is 5.10 Å². The number of aromatic nitrogens is 2. The third-order valence-corrected chi connectivity index (χ3v) is 3.77. The average molecular weight is 222 g/mol. The van der Waals surface area contributed by atoms with Gasteiger partial charge in [0.05, 0.1) is 16.8 Å². The molecule has 1 aliphatic heterocycles. The fraction of sp³-hybridized carbons (Fsp3) is 0.727. The van der Waals surface area contributed by atoms with Crippen LogP contribution in [0.2, 0.25) is 0 Å². The van der Waals surface area contributed by atoms with Crippen molar-refractivity contribution >= 4 is 12.7 Å². The Balaban J connectivity index is 2.30. The molecule has 0 atom stereocenters. The van der Waals surface area contributed by atoms with Gasteiger partial charge in [-0.2, -0.15) is 5.10 Å². The molecule has 1 aliphatic rings. The van der Waals surface area contributed by atoms with Crippen molar-refractivity contribution in [3.05, 3.63) is 11.3 Å². The van der Waals surface area contributed by atoms with Crippen LogP contribution in [0.25, 0.3) is 0 Å². The molecule has 1 fully saturated rings. The first-order valence-electron chi connectivity index (χ1n) is 5.62. The van der Waals surface area contributed by atoms with E-state index in [9.17, 15) is 0 Å². The summed E-state index contributed by atoms with van der Waals surface area (Å²) in [6.07, 6.45) is 0. The van der Waals surface area contributed by atoms with Gasteiger partial charge in [-0.1, -0.05) is 0 Å². The first-order chi connectivity index (χ1) is 7.24. The minimum atomic E-state index is -0.366. The number of nitrogens with one attached hydrogen (secondary N) is 1. The minimum Gasteiger partial charge on any atom is -0.398 e. The van der Waals surface area contributed by atoms with Gasteiger partial charge in [-0.25, -0.2) is 0 Å². The first kappa shape index (κ1) is 11.7. The molecule has 1 aromatic rings. The van der Waals surface area contributed by atoms with E-state index in [1.165, 1.54) is 0 Å². The van der Waals surface area contributed by atoms with Crippen LogP contribution in [0, 0.1) is 13.8 Å². The number of aromatic amines is 1. The highest BCUT2D eigenvalue weighted by atomic mass is 16.7. The predicted octanol–water partition coefficient (Wildman–Crippen LogP) is 1.33. The standard InChI is InChI=1S/C11H19BN2O2/c1-7-8(2)13-14-9(7)12-15-10(3,4)11(5,6)16-12/h1-6H3,(H,13,14). The van der Waals surface area contributed by atoms with E-state index in [1.807, 2.05) is 41.5 Å². The number of H-pyrrole nitrogens is 1. The van der Waals surface area contributed by atoms with Crippen LogP contribution < -0.4 is 5.59 Å². The SMILES string of the molecule is Cc1[nH]nc(B2OC(C)(C)C(C)(C)O2)c1C. The fourth-order valence-electron chi connectivity index (χ4n) is 1.69. The van der Waals surface area contributed by atoms with E-state index in [1.54, 1.807) is 0 Å². The van der Waals surface area contributed by atoms with Gasteiger partial charge in [0.2, 0.25) is 0 Å².